The van der Waals surface area contributed by atoms with E-state index < -0.39 is 0 Å². The highest BCUT2D eigenvalue weighted by Gasteiger charge is 2.18. The maximum absolute atomic E-state index is 13.0. The first kappa shape index (κ1) is 17.4. The van der Waals surface area contributed by atoms with Crippen molar-refractivity contribution >= 4 is 0 Å². The summed E-state index contributed by atoms with van der Waals surface area (Å²) in [6.07, 6.45) is 3.03. The lowest BCUT2D eigenvalue weighted by Gasteiger charge is -2.26. The van der Waals surface area contributed by atoms with Gasteiger partial charge in [-0.2, -0.15) is 0 Å². The van der Waals surface area contributed by atoms with Gasteiger partial charge >= 0.3 is 0 Å². The molecule has 2 atom stereocenters. The van der Waals surface area contributed by atoms with Gasteiger partial charge in [-0.3, -0.25) is 0 Å². The largest absolute Gasteiger partial charge is 0.390 e. The molecule has 2 rings (SSSR count). The van der Waals surface area contributed by atoms with Crippen LogP contribution in [-0.2, 0) is 6.42 Å². The first-order valence-electron chi connectivity index (χ1n) is 8.43. The predicted molar refractivity (Wildman–Crippen MR) is 88.4 cm³/mol. The Kier molecular flexibility index (Phi) is 6.80. The van der Waals surface area contributed by atoms with Gasteiger partial charge in [0.05, 0.1) is 6.10 Å². The van der Waals surface area contributed by atoms with E-state index in [9.17, 15) is 9.50 Å². The van der Waals surface area contributed by atoms with Crippen molar-refractivity contribution in [3.8, 4) is 0 Å². The van der Waals surface area contributed by atoms with E-state index in [2.05, 4.69) is 24.1 Å². The van der Waals surface area contributed by atoms with E-state index in [1.807, 2.05) is 12.1 Å². The molecule has 0 bridgehead atoms. The molecule has 0 aromatic heterocycles. The van der Waals surface area contributed by atoms with Crippen molar-refractivity contribution in [1.29, 1.82) is 0 Å². The van der Waals surface area contributed by atoms with Gasteiger partial charge < -0.3 is 15.3 Å². The third kappa shape index (κ3) is 5.67. The summed E-state index contributed by atoms with van der Waals surface area (Å²) in [6.45, 7) is 7.94. The zero-order chi connectivity index (χ0) is 15.9. The average Bonchev–Trinajstić information content (AvgIpc) is 2.98. The topological polar surface area (TPSA) is 35.5 Å². The van der Waals surface area contributed by atoms with Crippen molar-refractivity contribution in [2.75, 3.05) is 26.2 Å². The van der Waals surface area contributed by atoms with Crippen LogP contribution in [0.25, 0.3) is 0 Å². The monoisotopic (exact) mass is 308 g/mol. The summed E-state index contributed by atoms with van der Waals surface area (Å²) >= 11 is 0. The molecule has 0 spiro atoms. The molecule has 1 aromatic carbocycles. The Morgan fingerprint density at radius 3 is 2.41 bits per heavy atom. The lowest BCUT2D eigenvalue weighted by atomic mass is 9.96. The number of likely N-dealkylation sites (tertiary alicyclic amines) is 1. The van der Waals surface area contributed by atoms with Gasteiger partial charge in [0.25, 0.3) is 0 Å². The molecule has 0 saturated carbocycles. The first-order valence-corrected chi connectivity index (χ1v) is 8.43. The fourth-order valence-electron chi connectivity index (χ4n) is 3.03. The fraction of sp³-hybridized carbons (Fsp3) is 0.667. The molecular formula is C18H29FN2O. The van der Waals surface area contributed by atoms with Gasteiger partial charge in [0.1, 0.15) is 5.82 Å². The van der Waals surface area contributed by atoms with Crippen LogP contribution < -0.4 is 5.32 Å². The number of aliphatic hydroxyl groups excluding tert-OH is 1. The summed E-state index contributed by atoms with van der Waals surface area (Å²) < 4.78 is 13.0. The van der Waals surface area contributed by atoms with Crippen molar-refractivity contribution < 1.29 is 9.50 Å². The van der Waals surface area contributed by atoms with E-state index in [1.54, 1.807) is 0 Å². The second-order valence-electron chi connectivity index (χ2n) is 6.75. The highest BCUT2D eigenvalue weighted by atomic mass is 19.1. The quantitative estimate of drug-likeness (QED) is 0.774. The van der Waals surface area contributed by atoms with E-state index in [0.717, 1.165) is 31.6 Å². The molecule has 1 heterocycles. The van der Waals surface area contributed by atoms with Crippen molar-refractivity contribution in [3.63, 3.8) is 0 Å². The summed E-state index contributed by atoms with van der Waals surface area (Å²) in [4.78, 5) is 2.33. The minimum atomic E-state index is -0.326. The van der Waals surface area contributed by atoms with Gasteiger partial charge in [-0.05, 0) is 56.0 Å². The van der Waals surface area contributed by atoms with Crippen LogP contribution in [0.3, 0.4) is 0 Å². The number of hydrogen-bond acceptors (Lipinski definition) is 3. The highest BCUT2D eigenvalue weighted by Crippen LogP contribution is 2.12. The Morgan fingerprint density at radius 1 is 1.18 bits per heavy atom. The standard InChI is InChI=1S/C18H29FN2O/c1-14(2)18(11-15-5-7-16(19)8-6-15)20-12-17(22)13-21-9-3-4-10-21/h5-8,14,17-18,20,22H,3-4,9-13H2,1-2H3. The molecule has 1 aliphatic rings. The number of β-amino-alcohol motifs (C(OH)–C–C–N with tert-alkyl or cyclic N) is 1. The van der Waals surface area contributed by atoms with E-state index in [1.165, 1.54) is 25.0 Å². The van der Waals surface area contributed by atoms with Gasteiger partial charge in [0, 0.05) is 19.1 Å². The van der Waals surface area contributed by atoms with E-state index >= 15 is 0 Å². The molecule has 2 unspecified atom stereocenters. The number of nitrogens with one attached hydrogen (secondary N) is 1. The van der Waals surface area contributed by atoms with Crippen LogP contribution >= 0.6 is 0 Å². The molecule has 1 saturated heterocycles. The molecule has 2 N–H and O–H groups in total. The number of nitrogens with zero attached hydrogens (tertiary/aromatic N) is 1. The summed E-state index contributed by atoms with van der Waals surface area (Å²) in [5.41, 5.74) is 1.13. The van der Waals surface area contributed by atoms with Gasteiger partial charge in [-0.1, -0.05) is 26.0 Å². The van der Waals surface area contributed by atoms with Crippen LogP contribution in [0.4, 0.5) is 4.39 Å². The van der Waals surface area contributed by atoms with Crippen LogP contribution in [0, 0.1) is 11.7 Å². The fourth-order valence-corrected chi connectivity index (χ4v) is 3.03. The molecule has 4 heteroatoms. The van der Waals surface area contributed by atoms with Gasteiger partial charge in [0.2, 0.25) is 0 Å². The predicted octanol–water partition coefficient (Wildman–Crippen LogP) is 2.44. The average molecular weight is 308 g/mol. The maximum atomic E-state index is 13.0. The first-order chi connectivity index (χ1) is 10.5. The third-order valence-electron chi connectivity index (χ3n) is 4.46. The minimum absolute atomic E-state index is 0.196. The Labute approximate surface area is 133 Å². The molecule has 3 nitrogen and oxygen atoms in total. The molecule has 0 radical (unpaired) electrons. The second-order valence-corrected chi connectivity index (χ2v) is 6.75. The Morgan fingerprint density at radius 2 is 1.82 bits per heavy atom. The van der Waals surface area contributed by atoms with Crippen LogP contribution in [0.15, 0.2) is 24.3 Å². The summed E-state index contributed by atoms with van der Waals surface area (Å²) in [5.74, 6) is 0.267. The molecule has 1 aliphatic heterocycles. The van der Waals surface area contributed by atoms with E-state index in [4.69, 9.17) is 0 Å². The highest BCUT2D eigenvalue weighted by molar-refractivity contribution is 5.17. The Bertz CT molecular complexity index is 429. The van der Waals surface area contributed by atoms with Gasteiger partial charge in [-0.25, -0.2) is 4.39 Å². The lowest BCUT2D eigenvalue weighted by Crippen LogP contribution is -2.43. The van der Waals surface area contributed by atoms with Gasteiger partial charge in [0.15, 0.2) is 0 Å². The third-order valence-corrected chi connectivity index (χ3v) is 4.46. The van der Waals surface area contributed by atoms with Crippen molar-refractivity contribution in [2.45, 2.75) is 45.3 Å². The van der Waals surface area contributed by atoms with Crippen LogP contribution in [0.5, 0.6) is 0 Å². The molecule has 1 aromatic rings. The van der Waals surface area contributed by atoms with Crippen molar-refractivity contribution in [1.82, 2.24) is 10.2 Å². The summed E-state index contributed by atoms with van der Waals surface area (Å²) in [5, 5.41) is 13.7. The maximum Gasteiger partial charge on any atom is 0.123 e. The van der Waals surface area contributed by atoms with Crippen LogP contribution in [0.2, 0.25) is 0 Å². The summed E-state index contributed by atoms with van der Waals surface area (Å²) in [7, 11) is 0. The SMILES string of the molecule is CC(C)C(Cc1ccc(F)cc1)NCC(O)CN1CCCC1. The van der Waals surface area contributed by atoms with Crippen LogP contribution in [0.1, 0.15) is 32.3 Å². The number of halogens is 1. The molecular weight excluding hydrogens is 279 g/mol. The lowest BCUT2D eigenvalue weighted by molar-refractivity contribution is 0.118. The normalized spacial score (nSPS) is 18.8. The Balaban J connectivity index is 1.79. The van der Waals surface area contributed by atoms with E-state index in [0.29, 0.717) is 18.5 Å². The molecule has 0 amide bonds. The molecule has 1 fully saturated rings. The number of aliphatic hydroxyl groups is 1. The molecule has 0 aliphatic carbocycles. The second kappa shape index (κ2) is 8.61. The van der Waals surface area contributed by atoms with E-state index in [-0.39, 0.29) is 11.9 Å². The van der Waals surface area contributed by atoms with Crippen molar-refractivity contribution in [2.24, 2.45) is 5.92 Å². The minimum Gasteiger partial charge on any atom is -0.390 e. The number of rotatable bonds is 8. The Hall–Kier alpha value is -0.970. The number of benzene rings is 1. The van der Waals surface area contributed by atoms with Crippen molar-refractivity contribution in [3.05, 3.63) is 35.6 Å². The number of hydrogen-bond donors (Lipinski definition) is 2. The zero-order valence-corrected chi connectivity index (χ0v) is 13.8. The smallest absolute Gasteiger partial charge is 0.123 e. The molecule has 22 heavy (non-hydrogen) atoms. The zero-order valence-electron chi connectivity index (χ0n) is 13.8. The van der Waals surface area contributed by atoms with Gasteiger partial charge in [-0.15, -0.1) is 0 Å². The van der Waals surface area contributed by atoms with Crippen LogP contribution in [-0.4, -0.2) is 48.3 Å². The summed E-state index contributed by atoms with van der Waals surface area (Å²) in [6, 6.07) is 6.99. The molecule has 124 valence electrons.